The molecule has 1 aliphatic heterocycles. The summed E-state index contributed by atoms with van der Waals surface area (Å²) in [5.74, 6) is 0.556. The van der Waals surface area contributed by atoms with Gasteiger partial charge < -0.3 is 5.32 Å². The molecule has 1 N–H and O–H groups in total. The van der Waals surface area contributed by atoms with Crippen molar-refractivity contribution in [1.82, 2.24) is 4.98 Å². The molecule has 2 atom stereocenters. The fraction of sp³-hybridized carbons (Fsp3) is 0.211. The van der Waals surface area contributed by atoms with E-state index in [1.807, 2.05) is 6.07 Å². The van der Waals surface area contributed by atoms with E-state index < -0.39 is 0 Å². The van der Waals surface area contributed by atoms with Gasteiger partial charge in [-0.1, -0.05) is 49.4 Å². The quantitative estimate of drug-likeness (QED) is 0.683. The number of para-hydroxylation sites is 2. The molecule has 0 amide bonds. The highest BCUT2D eigenvalue weighted by Crippen LogP contribution is 2.39. The van der Waals surface area contributed by atoms with E-state index in [1.165, 1.54) is 16.6 Å². The number of fused-ring (bicyclic) bond motifs is 2. The predicted molar refractivity (Wildman–Crippen MR) is 87.6 cm³/mol. The largest absolute Gasteiger partial charge is 0.376 e. The standard InChI is InChI=1S/C19H18N2/c1-13-12-19(21-17-9-5-3-7-15(13)17)18-11-10-14-6-2-4-8-16(14)20-18/h2-11,13,19,21H,12H2,1H3. The monoisotopic (exact) mass is 274 g/mol. The Labute approximate surface area is 124 Å². The lowest BCUT2D eigenvalue weighted by molar-refractivity contribution is 0.570. The van der Waals surface area contributed by atoms with Crippen molar-refractivity contribution in [1.29, 1.82) is 0 Å². The lowest BCUT2D eigenvalue weighted by atomic mass is 9.87. The summed E-state index contributed by atoms with van der Waals surface area (Å²) in [6.45, 7) is 2.30. The van der Waals surface area contributed by atoms with Gasteiger partial charge in [-0.25, -0.2) is 0 Å². The molecular weight excluding hydrogens is 256 g/mol. The fourth-order valence-corrected chi connectivity index (χ4v) is 3.26. The molecule has 0 fully saturated rings. The first-order chi connectivity index (χ1) is 10.3. The van der Waals surface area contributed by atoms with E-state index in [4.69, 9.17) is 4.98 Å². The average Bonchev–Trinajstić information content (AvgIpc) is 2.54. The van der Waals surface area contributed by atoms with Gasteiger partial charge in [0.15, 0.2) is 0 Å². The Hall–Kier alpha value is -2.35. The van der Waals surface area contributed by atoms with Crippen LogP contribution in [0.2, 0.25) is 0 Å². The minimum absolute atomic E-state index is 0.291. The van der Waals surface area contributed by atoms with Crippen molar-refractivity contribution >= 4 is 16.6 Å². The zero-order chi connectivity index (χ0) is 14.2. The molecule has 0 saturated carbocycles. The fourth-order valence-electron chi connectivity index (χ4n) is 3.26. The van der Waals surface area contributed by atoms with Crippen LogP contribution in [0.15, 0.2) is 60.7 Å². The molecule has 1 aliphatic rings. The SMILES string of the molecule is CC1CC(c2ccc3ccccc3n2)Nc2ccccc21. The third kappa shape index (κ3) is 2.17. The van der Waals surface area contributed by atoms with Crippen LogP contribution in [-0.4, -0.2) is 4.98 Å². The number of nitrogens with zero attached hydrogens (tertiary/aromatic N) is 1. The van der Waals surface area contributed by atoms with Gasteiger partial charge in [0, 0.05) is 11.1 Å². The maximum absolute atomic E-state index is 4.84. The summed E-state index contributed by atoms with van der Waals surface area (Å²) < 4.78 is 0. The summed E-state index contributed by atoms with van der Waals surface area (Å²) in [5, 5.41) is 4.85. The maximum Gasteiger partial charge on any atom is 0.0706 e. The smallest absolute Gasteiger partial charge is 0.0706 e. The van der Waals surface area contributed by atoms with Gasteiger partial charge in [0.05, 0.1) is 17.3 Å². The summed E-state index contributed by atoms with van der Waals surface area (Å²) in [6.07, 6.45) is 1.09. The molecule has 3 aromatic rings. The first kappa shape index (κ1) is 12.4. The molecule has 2 nitrogen and oxygen atoms in total. The van der Waals surface area contributed by atoms with Gasteiger partial charge >= 0.3 is 0 Å². The summed E-state index contributed by atoms with van der Waals surface area (Å²) >= 11 is 0. The normalized spacial score (nSPS) is 20.8. The Morgan fingerprint density at radius 2 is 1.76 bits per heavy atom. The van der Waals surface area contributed by atoms with Gasteiger partial charge in [-0.15, -0.1) is 0 Å². The van der Waals surface area contributed by atoms with Gasteiger partial charge in [-0.3, -0.25) is 4.98 Å². The highest BCUT2D eigenvalue weighted by Gasteiger charge is 2.25. The minimum Gasteiger partial charge on any atom is -0.376 e. The zero-order valence-electron chi connectivity index (χ0n) is 12.1. The van der Waals surface area contributed by atoms with Crippen LogP contribution in [0.4, 0.5) is 5.69 Å². The Morgan fingerprint density at radius 1 is 0.952 bits per heavy atom. The van der Waals surface area contributed by atoms with Crippen molar-refractivity contribution in [2.24, 2.45) is 0 Å². The van der Waals surface area contributed by atoms with Crippen LogP contribution in [-0.2, 0) is 0 Å². The van der Waals surface area contributed by atoms with Crippen LogP contribution < -0.4 is 5.32 Å². The predicted octanol–water partition coefficient (Wildman–Crippen LogP) is 4.90. The second-order valence-electron chi connectivity index (χ2n) is 5.85. The summed E-state index contributed by atoms with van der Waals surface area (Å²) in [6, 6.07) is 21.5. The molecule has 2 aromatic carbocycles. The Bertz CT molecular complexity index is 794. The summed E-state index contributed by atoms with van der Waals surface area (Å²) in [4.78, 5) is 4.84. The number of aromatic nitrogens is 1. The second-order valence-corrected chi connectivity index (χ2v) is 5.85. The minimum atomic E-state index is 0.291. The molecule has 4 rings (SSSR count). The van der Waals surface area contributed by atoms with E-state index in [-0.39, 0.29) is 0 Å². The number of anilines is 1. The van der Waals surface area contributed by atoms with Crippen molar-refractivity contribution in [3.63, 3.8) is 0 Å². The second kappa shape index (κ2) is 4.88. The number of hydrogen-bond donors (Lipinski definition) is 1. The van der Waals surface area contributed by atoms with Gasteiger partial charge in [0.2, 0.25) is 0 Å². The third-order valence-electron chi connectivity index (χ3n) is 4.39. The van der Waals surface area contributed by atoms with E-state index in [1.54, 1.807) is 0 Å². The molecular formula is C19H18N2. The molecule has 2 heterocycles. The van der Waals surface area contributed by atoms with Crippen LogP contribution in [0, 0.1) is 0 Å². The van der Waals surface area contributed by atoms with Gasteiger partial charge in [0.1, 0.15) is 0 Å². The van der Waals surface area contributed by atoms with Crippen molar-refractivity contribution in [2.75, 3.05) is 5.32 Å². The Balaban J connectivity index is 1.73. The van der Waals surface area contributed by atoms with Crippen molar-refractivity contribution in [3.05, 3.63) is 71.9 Å². The molecule has 2 unspecified atom stereocenters. The molecule has 0 spiro atoms. The Morgan fingerprint density at radius 3 is 2.71 bits per heavy atom. The van der Waals surface area contributed by atoms with Gasteiger partial charge in [-0.2, -0.15) is 0 Å². The number of benzene rings is 2. The van der Waals surface area contributed by atoms with Gasteiger partial charge in [0.25, 0.3) is 0 Å². The van der Waals surface area contributed by atoms with E-state index in [2.05, 4.69) is 66.8 Å². The van der Waals surface area contributed by atoms with Crippen LogP contribution >= 0.6 is 0 Å². The number of pyridine rings is 1. The van der Waals surface area contributed by atoms with Crippen molar-refractivity contribution < 1.29 is 0 Å². The first-order valence-corrected chi connectivity index (χ1v) is 7.52. The van der Waals surface area contributed by atoms with Gasteiger partial charge in [-0.05, 0) is 36.1 Å². The maximum atomic E-state index is 4.84. The zero-order valence-corrected chi connectivity index (χ0v) is 12.1. The van der Waals surface area contributed by atoms with Crippen molar-refractivity contribution in [3.8, 4) is 0 Å². The van der Waals surface area contributed by atoms with E-state index in [0.717, 1.165) is 17.6 Å². The highest BCUT2D eigenvalue weighted by molar-refractivity contribution is 5.78. The molecule has 2 heteroatoms. The topological polar surface area (TPSA) is 24.9 Å². The molecule has 0 aliphatic carbocycles. The number of nitrogens with one attached hydrogen (secondary N) is 1. The van der Waals surface area contributed by atoms with E-state index in [9.17, 15) is 0 Å². The van der Waals surface area contributed by atoms with Crippen LogP contribution in [0.1, 0.15) is 36.6 Å². The lowest BCUT2D eigenvalue weighted by Gasteiger charge is -2.31. The molecule has 0 bridgehead atoms. The first-order valence-electron chi connectivity index (χ1n) is 7.52. The average molecular weight is 274 g/mol. The number of rotatable bonds is 1. The lowest BCUT2D eigenvalue weighted by Crippen LogP contribution is -2.21. The van der Waals surface area contributed by atoms with E-state index >= 15 is 0 Å². The van der Waals surface area contributed by atoms with Crippen LogP contribution in [0.5, 0.6) is 0 Å². The molecule has 0 saturated heterocycles. The molecule has 104 valence electrons. The van der Waals surface area contributed by atoms with E-state index in [0.29, 0.717) is 12.0 Å². The van der Waals surface area contributed by atoms with Crippen molar-refractivity contribution in [2.45, 2.75) is 25.3 Å². The molecule has 0 radical (unpaired) electrons. The Kier molecular flexibility index (Phi) is 2.88. The summed E-state index contributed by atoms with van der Waals surface area (Å²) in [5.41, 5.74) is 4.86. The number of hydrogen-bond acceptors (Lipinski definition) is 2. The highest BCUT2D eigenvalue weighted by atomic mass is 15.0. The van der Waals surface area contributed by atoms with Crippen LogP contribution in [0.3, 0.4) is 0 Å². The summed E-state index contributed by atoms with van der Waals surface area (Å²) in [7, 11) is 0. The third-order valence-corrected chi connectivity index (χ3v) is 4.39. The molecule has 21 heavy (non-hydrogen) atoms. The molecule has 1 aromatic heterocycles. The van der Waals surface area contributed by atoms with Crippen LogP contribution in [0.25, 0.3) is 10.9 Å².